The average Bonchev–Trinajstić information content (AvgIpc) is 2.82. The lowest BCUT2D eigenvalue weighted by atomic mass is 10.00. The van der Waals surface area contributed by atoms with E-state index in [1.807, 2.05) is 0 Å². The van der Waals surface area contributed by atoms with Gasteiger partial charge in [-0.05, 0) is 67.8 Å². The van der Waals surface area contributed by atoms with Gasteiger partial charge in [-0.25, -0.2) is 0 Å². The molecule has 9 N–H and O–H groups in total. The summed E-state index contributed by atoms with van der Waals surface area (Å²) in [6.07, 6.45) is -3.42. The minimum atomic E-state index is -1.71. The van der Waals surface area contributed by atoms with E-state index in [0.29, 0.717) is 0 Å². The third kappa shape index (κ3) is 6.90. The smallest absolute Gasteiger partial charge is 0.256 e. The lowest BCUT2D eigenvalue weighted by Gasteiger charge is -2.40. The van der Waals surface area contributed by atoms with Crippen LogP contribution in [0.5, 0.6) is 0 Å². The van der Waals surface area contributed by atoms with Crippen molar-refractivity contribution in [2.75, 3.05) is 45.0 Å². The Morgan fingerprint density at radius 1 is 0.800 bits per heavy atom. The van der Waals surface area contributed by atoms with E-state index in [0.717, 1.165) is 9.80 Å². The van der Waals surface area contributed by atoms with Crippen molar-refractivity contribution in [3.8, 4) is 0 Å². The van der Waals surface area contributed by atoms with Gasteiger partial charge >= 0.3 is 0 Å². The molecule has 1 rings (SSSR count). The van der Waals surface area contributed by atoms with Crippen molar-refractivity contribution in [3.05, 3.63) is 21.8 Å². The van der Waals surface area contributed by atoms with Gasteiger partial charge < -0.3 is 51.3 Å². The van der Waals surface area contributed by atoms with Crippen LogP contribution in [0.4, 0.5) is 5.69 Å². The highest BCUT2D eigenvalue weighted by molar-refractivity contribution is 14.1. The van der Waals surface area contributed by atoms with Gasteiger partial charge in [-0.15, -0.1) is 0 Å². The lowest BCUT2D eigenvalue weighted by molar-refractivity contribution is -0.121. The van der Waals surface area contributed by atoms with Crippen LogP contribution in [0.2, 0.25) is 0 Å². The van der Waals surface area contributed by atoms with Gasteiger partial charge in [0.1, 0.15) is 6.61 Å². The van der Waals surface area contributed by atoms with Crippen molar-refractivity contribution in [1.82, 2.24) is 4.90 Å². The predicted molar refractivity (Wildman–Crippen MR) is 148 cm³/mol. The van der Waals surface area contributed by atoms with Gasteiger partial charge in [0.25, 0.3) is 17.7 Å². The number of rotatable bonds is 12. The summed E-state index contributed by atoms with van der Waals surface area (Å²) >= 11 is 5.19. The fourth-order valence-corrected chi connectivity index (χ4v) is 8.17. The summed E-state index contributed by atoms with van der Waals surface area (Å²) in [5.41, 5.74) is 5.26. The van der Waals surface area contributed by atoms with Gasteiger partial charge in [0.15, 0.2) is 0 Å². The molecule has 0 saturated carbocycles. The fraction of sp³-hybridized carbons (Fsp3) is 0.526. The molecule has 0 aliphatic carbocycles. The number of nitrogens with zero attached hydrogens (tertiary/aromatic N) is 2. The van der Waals surface area contributed by atoms with E-state index in [-0.39, 0.29) is 27.5 Å². The van der Waals surface area contributed by atoms with E-state index in [9.17, 15) is 50.1 Å². The van der Waals surface area contributed by atoms with Crippen molar-refractivity contribution >= 4 is 91.2 Å². The van der Waals surface area contributed by atoms with E-state index >= 15 is 0 Å². The molecule has 16 heteroatoms. The quantitative estimate of drug-likeness (QED) is 0.103. The van der Waals surface area contributed by atoms with Crippen LogP contribution < -0.4 is 10.6 Å². The normalized spacial score (nSPS) is 14.7. The molecule has 1 aromatic rings. The topological polar surface area (TPSA) is 225 Å². The van der Waals surface area contributed by atoms with Crippen LogP contribution in [0.1, 0.15) is 20.7 Å². The molecule has 0 radical (unpaired) electrons. The van der Waals surface area contributed by atoms with Crippen LogP contribution >= 0.6 is 67.8 Å². The first-order valence-corrected chi connectivity index (χ1v) is 13.1. The highest BCUT2D eigenvalue weighted by atomic mass is 127. The number of aliphatic hydroxyl groups is 7. The SMILES string of the molecule is CN(C(=O)CO)c1c(I)c(C(N)=O)c(I)c(C(=O)N(C(CO)C(O)CO)C(CO)C(O)CO)c1I. The van der Waals surface area contributed by atoms with Crippen molar-refractivity contribution in [2.24, 2.45) is 5.73 Å². The summed E-state index contributed by atoms with van der Waals surface area (Å²) in [5, 5.41) is 68.6. The van der Waals surface area contributed by atoms with Gasteiger partial charge in [-0.1, -0.05) is 0 Å². The van der Waals surface area contributed by atoms with Crippen molar-refractivity contribution in [3.63, 3.8) is 0 Å². The first-order valence-electron chi connectivity index (χ1n) is 9.85. The number of hydrogen-bond acceptors (Lipinski definition) is 10. The first kappa shape index (κ1) is 32.6. The van der Waals surface area contributed by atoms with Crippen LogP contribution in [0.25, 0.3) is 0 Å². The number of hydrogen-bond donors (Lipinski definition) is 8. The molecule has 0 heterocycles. The second kappa shape index (κ2) is 14.5. The summed E-state index contributed by atoms with van der Waals surface area (Å²) < 4.78 is 0.364. The maximum absolute atomic E-state index is 13.9. The number of carbonyl (C=O) groups is 3. The zero-order chi connectivity index (χ0) is 27.2. The Labute approximate surface area is 241 Å². The molecule has 0 fully saturated rings. The molecule has 35 heavy (non-hydrogen) atoms. The summed E-state index contributed by atoms with van der Waals surface area (Å²) in [6.45, 7) is -4.47. The number of carbonyl (C=O) groups excluding carboxylic acids is 3. The number of nitrogens with two attached hydrogens (primary N) is 1. The Balaban J connectivity index is 4.06. The Hall–Kier alpha value is -0.460. The Kier molecular flexibility index (Phi) is 13.5. The van der Waals surface area contributed by atoms with E-state index in [1.54, 1.807) is 67.8 Å². The van der Waals surface area contributed by atoms with Crippen LogP contribution in [-0.2, 0) is 4.79 Å². The van der Waals surface area contributed by atoms with Gasteiger partial charge in [0.05, 0.1) is 74.7 Å². The average molecular weight is 837 g/mol. The van der Waals surface area contributed by atoms with Crippen molar-refractivity contribution in [2.45, 2.75) is 24.3 Å². The summed E-state index contributed by atoms with van der Waals surface area (Å²) in [6, 6.07) is -3.09. The maximum atomic E-state index is 13.9. The minimum absolute atomic E-state index is 0.0397. The van der Waals surface area contributed by atoms with E-state index < -0.39 is 75.0 Å². The molecular formula is C19H26I3N3O10. The number of aliphatic hydroxyl groups excluding tert-OH is 7. The molecule has 3 amide bonds. The third-order valence-electron chi connectivity index (χ3n) is 5.18. The molecule has 4 atom stereocenters. The molecule has 0 bridgehead atoms. The molecule has 0 aliphatic heterocycles. The molecule has 1 aromatic carbocycles. The molecule has 0 saturated heterocycles. The first-order chi connectivity index (χ1) is 16.4. The van der Waals surface area contributed by atoms with Crippen LogP contribution in [0.15, 0.2) is 0 Å². The van der Waals surface area contributed by atoms with E-state index in [1.165, 1.54) is 7.05 Å². The zero-order valence-electron chi connectivity index (χ0n) is 18.3. The van der Waals surface area contributed by atoms with Crippen molar-refractivity contribution in [1.29, 1.82) is 0 Å². The van der Waals surface area contributed by atoms with Crippen LogP contribution in [0.3, 0.4) is 0 Å². The number of primary amides is 1. The van der Waals surface area contributed by atoms with Gasteiger partial charge in [-0.3, -0.25) is 14.4 Å². The standard InChI is InChI=1S/C19H26I3N3O10/c1-24(11(33)6-30)17-15(21)12(18(23)34)14(20)13(16(17)22)19(35)25(7(2-26)9(31)4-28)8(3-27)10(32)5-29/h7-10,26-32H,2-6H2,1H3,(H2,23,34). The summed E-state index contributed by atoms with van der Waals surface area (Å²) in [5.74, 6) is -2.72. The lowest BCUT2D eigenvalue weighted by Crippen LogP contribution is -2.60. The predicted octanol–water partition coefficient (Wildman–Crippen LogP) is -2.58. The van der Waals surface area contributed by atoms with Crippen molar-refractivity contribution < 1.29 is 50.1 Å². The largest absolute Gasteiger partial charge is 0.394 e. The van der Waals surface area contributed by atoms with Gasteiger partial charge in [0.2, 0.25) is 0 Å². The molecule has 0 aromatic heterocycles. The zero-order valence-corrected chi connectivity index (χ0v) is 24.8. The summed E-state index contributed by atoms with van der Waals surface area (Å²) in [4.78, 5) is 40.2. The molecule has 4 unspecified atom stereocenters. The van der Waals surface area contributed by atoms with E-state index in [2.05, 4.69) is 0 Å². The van der Waals surface area contributed by atoms with Crippen LogP contribution in [-0.4, -0.2) is 123 Å². The Morgan fingerprint density at radius 3 is 1.57 bits per heavy atom. The molecule has 0 aliphatic rings. The summed E-state index contributed by atoms with van der Waals surface area (Å²) in [7, 11) is 1.31. The third-order valence-corrected chi connectivity index (χ3v) is 8.36. The second-order valence-corrected chi connectivity index (χ2v) is 10.5. The molecule has 0 spiro atoms. The van der Waals surface area contributed by atoms with Crippen LogP contribution in [0, 0.1) is 10.7 Å². The second-order valence-electron chi connectivity index (χ2n) is 7.23. The van der Waals surface area contributed by atoms with Gasteiger partial charge in [0, 0.05) is 10.6 Å². The maximum Gasteiger partial charge on any atom is 0.256 e. The fourth-order valence-electron chi connectivity index (χ4n) is 3.29. The number of halogens is 3. The minimum Gasteiger partial charge on any atom is -0.394 e. The highest BCUT2D eigenvalue weighted by Gasteiger charge is 2.41. The molecule has 198 valence electrons. The number of benzene rings is 1. The van der Waals surface area contributed by atoms with E-state index in [4.69, 9.17) is 5.73 Å². The Morgan fingerprint density at radius 2 is 1.23 bits per heavy atom. The number of anilines is 1. The number of amides is 3. The van der Waals surface area contributed by atoms with Gasteiger partial charge in [-0.2, -0.15) is 0 Å². The monoisotopic (exact) mass is 837 g/mol. The molecule has 13 nitrogen and oxygen atoms in total. The Bertz CT molecular complexity index is 933. The molecular weight excluding hydrogens is 811 g/mol. The number of likely N-dealkylation sites (N-methyl/N-ethyl adjacent to an activating group) is 1. The highest BCUT2D eigenvalue weighted by Crippen LogP contribution is 2.38.